The van der Waals surface area contributed by atoms with Crippen LogP contribution in [-0.4, -0.2) is 18.4 Å². The van der Waals surface area contributed by atoms with Crippen LogP contribution in [0, 0.1) is 0 Å². The zero-order chi connectivity index (χ0) is 13.7. The molecule has 1 heterocycles. The largest absolute Gasteiger partial charge is 0.489 e. The highest BCUT2D eigenvalue weighted by Crippen LogP contribution is 2.18. The lowest BCUT2D eigenvalue weighted by Gasteiger charge is -2.11. The number of carbonyl (C=O) groups excluding carboxylic acids is 1. The first kappa shape index (κ1) is 12.9. The summed E-state index contributed by atoms with van der Waals surface area (Å²) in [5.74, 6) is 1.21. The Hall–Kier alpha value is -2.56. The van der Waals surface area contributed by atoms with Crippen molar-refractivity contribution < 1.29 is 9.53 Å². The predicted molar refractivity (Wildman–Crippen MR) is 73.9 cm³/mol. The van der Waals surface area contributed by atoms with Crippen LogP contribution in [0.5, 0.6) is 5.75 Å². The number of nitrogen functional groups attached to an aromatic ring is 1. The van der Waals surface area contributed by atoms with Crippen molar-refractivity contribution in [2.45, 2.75) is 6.61 Å². The highest BCUT2D eigenvalue weighted by Gasteiger charge is 2.03. The molecule has 0 saturated heterocycles. The number of nitrogens with two attached hydrogens (primary N) is 1. The second-order valence-corrected chi connectivity index (χ2v) is 4.10. The molecule has 19 heavy (non-hydrogen) atoms. The third-order valence-corrected chi connectivity index (χ3v) is 2.62. The van der Waals surface area contributed by atoms with Gasteiger partial charge in [-0.25, -0.2) is 4.98 Å². The van der Waals surface area contributed by atoms with Crippen LogP contribution in [0.4, 0.5) is 11.5 Å². The normalized spacial score (nSPS) is 9.95. The van der Waals surface area contributed by atoms with Crippen LogP contribution in [0.2, 0.25) is 0 Å². The second kappa shape index (κ2) is 5.86. The Morgan fingerprint density at radius 2 is 2.05 bits per heavy atom. The Kier molecular flexibility index (Phi) is 3.97. The summed E-state index contributed by atoms with van der Waals surface area (Å²) in [6.45, 7) is 0.439. The van der Waals surface area contributed by atoms with Crippen molar-refractivity contribution in [3.63, 3.8) is 0 Å². The second-order valence-electron chi connectivity index (χ2n) is 4.10. The fraction of sp³-hybridized carbons (Fsp3) is 0.143. The first-order chi connectivity index (χ1) is 9.19. The molecule has 5 nitrogen and oxygen atoms in total. The first-order valence-corrected chi connectivity index (χ1v) is 5.80. The van der Waals surface area contributed by atoms with Gasteiger partial charge in [-0.05, 0) is 23.8 Å². The number of ether oxygens (including phenoxy) is 1. The number of hydrogen-bond donors (Lipinski definition) is 1. The van der Waals surface area contributed by atoms with Crippen molar-refractivity contribution in [1.82, 2.24) is 4.98 Å². The maximum Gasteiger partial charge on any atom is 0.215 e. The average molecular weight is 257 g/mol. The topological polar surface area (TPSA) is 68.5 Å². The Morgan fingerprint density at radius 1 is 1.32 bits per heavy atom. The van der Waals surface area contributed by atoms with E-state index in [2.05, 4.69) is 4.98 Å². The van der Waals surface area contributed by atoms with Crippen LogP contribution >= 0.6 is 0 Å². The van der Waals surface area contributed by atoms with Gasteiger partial charge in [-0.2, -0.15) is 0 Å². The molecule has 0 fully saturated rings. The fourth-order valence-electron chi connectivity index (χ4n) is 1.52. The number of carbonyl (C=O) groups is 1. The summed E-state index contributed by atoms with van der Waals surface area (Å²) in [5, 5.41) is 0. The third kappa shape index (κ3) is 3.45. The van der Waals surface area contributed by atoms with Crippen LogP contribution in [-0.2, 0) is 11.4 Å². The quantitative estimate of drug-likeness (QED) is 0.655. The number of amides is 1. The lowest BCUT2D eigenvalue weighted by atomic mass is 10.2. The summed E-state index contributed by atoms with van der Waals surface area (Å²) in [7, 11) is 1.64. The Morgan fingerprint density at radius 3 is 2.74 bits per heavy atom. The molecule has 1 aromatic carbocycles. The molecule has 0 bridgehead atoms. The standard InChI is InChI=1S/C14H15N3O2/c1-17(10-18)14-8-13(6-7-16-14)19-9-11-2-4-12(15)5-3-11/h2-8,10H,9,15H2,1H3. The molecule has 0 saturated carbocycles. The van der Waals surface area contributed by atoms with Crippen LogP contribution in [0.3, 0.4) is 0 Å². The minimum absolute atomic E-state index is 0.439. The van der Waals surface area contributed by atoms with Crippen molar-refractivity contribution in [3.05, 3.63) is 48.2 Å². The Bertz CT molecular complexity index is 555. The monoisotopic (exact) mass is 257 g/mol. The van der Waals surface area contributed by atoms with E-state index in [0.29, 0.717) is 24.6 Å². The smallest absolute Gasteiger partial charge is 0.215 e. The maximum atomic E-state index is 10.7. The number of aromatic nitrogens is 1. The number of pyridine rings is 1. The van der Waals surface area contributed by atoms with E-state index in [9.17, 15) is 4.79 Å². The number of hydrogen-bond acceptors (Lipinski definition) is 4. The lowest BCUT2D eigenvalue weighted by Crippen LogP contribution is -2.15. The van der Waals surface area contributed by atoms with Gasteiger partial charge in [0.25, 0.3) is 0 Å². The van der Waals surface area contributed by atoms with Crippen molar-refractivity contribution in [1.29, 1.82) is 0 Å². The predicted octanol–water partition coefficient (Wildman–Crippen LogP) is 1.84. The minimum atomic E-state index is 0.439. The molecule has 5 heteroatoms. The van der Waals surface area contributed by atoms with Crippen LogP contribution in [0.1, 0.15) is 5.56 Å². The third-order valence-electron chi connectivity index (χ3n) is 2.62. The van der Waals surface area contributed by atoms with Crippen molar-refractivity contribution in [2.24, 2.45) is 0 Å². The van der Waals surface area contributed by atoms with Crippen molar-refractivity contribution >= 4 is 17.9 Å². The molecule has 0 radical (unpaired) electrons. The molecule has 98 valence electrons. The van der Waals surface area contributed by atoms with Gasteiger partial charge >= 0.3 is 0 Å². The zero-order valence-corrected chi connectivity index (χ0v) is 10.6. The van der Waals surface area contributed by atoms with Gasteiger partial charge in [-0.1, -0.05) is 12.1 Å². The average Bonchev–Trinajstić information content (AvgIpc) is 2.46. The molecule has 2 aromatic rings. The molecule has 0 aliphatic carbocycles. The van der Waals surface area contributed by atoms with E-state index in [-0.39, 0.29) is 0 Å². The van der Waals surface area contributed by atoms with Crippen molar-refractivity contribution in [2.75, 3.05) is 17.7 Å². The van der Waals surface area contributed by atoms with Crippen molar-refractivity contribution in [3.8, 4) is 5.75 Å². The maximum absolute atomic E-state index is 10.7. The van der Waals surface area contributed by atoms with E-state index in [1.807, 2.05) is 24.3 Å². The van der Waals surface area contributed by atoms with E-state index in [0.717, 1.165) is 11.3 Å². The van der Waals surface area contributed by atoms with E-state index >= 15 is 0 Å². The van der Waals surface area contributed by atoms with Crippen LogP contribution in [0.25, 0.3) is 0 Å². The summed E-state index contributed by atoms with van der Waals surface area (Å²) in [5.41, 5.74) is 7.36. The summed E-state index contributed by atoms with van der Waals surface area (Å²) >= 11 is 0. The van der Waals surface area contributed by atoms with Gasteiger partial charge in [0.2, 0.25) is 6.41 Å². The molecule has 0 aliphatic heterocycles. The van der Waals surface area contributed by atoms with Gasteiger partial charge < -0.3 is 15.4 Å². The number of rotatable bonds is 5. The molecule has 0 spiro atoms. The Labute approximate surface area is 111 Å². The van der Waals surface area contributed by atoms with Crippen LogP contribution < -0.4 is 15.4 Å². The zero-order valence-electron chi connectivity index (χ0n) is 10.6. The van der Waals surface area contributed by atoms with Gasteiger partial charge in [-0.3, -0.25) is 4.79 Å². The molecular formula is C14H15N3O2. The number of benzene rings is 1. The van der Waals surface area contributed by atoms with E-state index in [4.69, 9.17) is 10.5 Å². The molecule has 1 amide bonds. The molecule has 2 rings (SSSR count). The molecule has 2 N–H and O–H groups in total. The summed E-state index contributed by atoms with van der Waals surface area (Å²) in [4.78, 5) is 16.1. The van der Waals surface area contributed by atoms with E-state index < -0.39 is 0 Å². The number of anilines is 2. The van der Waals surface area contributed by atoms with E-state index in [1.165, 1.54) is 4.90 Å². The molecule has 0 aliphatic rings. The summed E-state index contributed by atoms with van der Waals surface area (Å²) in [6.07, 6.45) is 2.31. The van der Waals surface area contributed by atoms with Gasteiger partial charge in [0.1, 0.15) is 18.2 Å². The molecule has 0 unspecified atom stereocenters. The molecule has 0 atom stereocenters. The van der Waals surface area contributed by atoms with Crippen LogP contribution in [0.15, 0.2) is 42.6 Å². The van der Waals surface area contributed by atoms with Gasteiger partial charge in [-0.15, -0.1) is 0 Å². The van der Waals surface area contributed by atoms with Gasteiger partial charge in [0.15, 0.2) is 0 Å². The fourth-order valence-corrected chi connectivity index (χ4v) is 1.52. The van der Waals surface area contributed by atoms with Gasteiger partial charge in [0.05, 0.1) is 0 Å². The first-order valence-electron chi connectivity index (χ1n) is 5.80. The molecular weight excluding hydrogens is 242 g/mol. The lowest BCUT2D eigenvalue weighted by molar-refractivity contribution is -0.107. The van der Waals surface area contributed by atoms with E-state index in [1.54, 1.807) is 25.4 Å². The van der Waals surface area contributed by atoms with Gasteiger partial charge in [0, 0.05) is 25.0 Å². The highest BCUT2D eigenvalue weighted by molar-refractivity contribution is 5.72. The number of nitrogens with zero attached hydrogens (tertiary/aromatic N) is 2. The summed E-state index contributed by atoms with van der Waals surface area (Å²) in [6, 6.07) is 10.9. The summed E-state index contributed by atoms with van der Waals surface area (Å²) < 4.78 is 5.64. The Balaban J connectivity index is 2.03. The molecule has 1 aromatic heterocycles. The minimum Gasteiger partial charge on any atom is -0.489 e. The highest BCUT2D eigenvalue weighted by atomic mass is 16.5. The SMILES string of the molecule is CN(C=O)c1cc(OCc2ccc(N)cc2)ccn1.